The van der Waals surface area contributed by atoms with Crippen LogP contribution in [0.4, 0.5) is 0 Å². The zero-order chi connectivity index (χ0) is 25.4. The summed E-state index contributed by atoms with van der Waals surface area (Å²) in [4.78, 5) is 41.5. The number of nitrogens with two attached hydrogens (primary N) is 1. The van der Waals surface area contributed by atoms with Crippen LogP contribution in [-0.4, -0.2) is 27.6 Å². The van der Waals surface area contributed by atoms with Crippen molar-refractivity contribution in [3.8, 4) is 5.75 Å². The van der Waals surface area contributed by atoms with Gasteiger partial charge in [0.05, 0.1) is 18.7 Å². The number of rotatable bonds is 11. The molecule has 0 spiro atoms. The van der Waals surface area contributed by atoms with Crippen molar-refractivity contribution in [2.24, 2.45) is 5.73 Å². The SMILES string of the molecule is CCC(Oc1ccc(Cl)cc1CNC(=O)Cc1c(C)ccn(NCc2ccccn2)c1=O)C(N)=O. The van der Waals surface area contributed by atoms with Gasteiger partial charge in [-0.3, -0.25) is 19.4 Å². The second kappa shape index (κ2) is 12.0. The van der Waals surface area contributed by atoms with Crippen LogP contribution >= 0.6 is 11.6 Å². The molecule has 10 heteroatoms. The molecule has 0 radical (unpaired) electrons. The van der Waals surface area contributed by atoms with Crippen molar-refractivity contribution in [3.05, 3.63) is 92.6 Å². The summed E-state index contributed by atoms with van der Waals surface area (Å²) < 4.78 is 7.08. The van der Waals surface area contributed by atoms with Gasteiger partial charge in [0.1, 0.15) is 5.75 Å². The normalized spacial score (nSPS) is 11.5. The number of primary amides is 1. The fraction of sp³-hybridized carbons (Fsp3) is 0.280. The number of ether oxygens (including phenoxy) is 1. The van der Waals surface area contributed by atoms with E-state index in [9.17, 15) is 14.4 Å². The van der Waals surface area contributed by atoms with Gasteiger partial charge < -0.3 is 21.2 Å². The Morgan fingerprint density at radius 3 is 2.69 bits per heavy atom. The quantitative estimate of drug-likeness (QED) is 0.373. The predicted molar refractivity (Wildman–Crippen MR) is 134 cm³/mol. The van der Waals surface area contributed by atoms with Crippen molar-refractivity contribution in [3.63, 3.8) is 0 Å². The third-order valence-corrected chi connectivity index (χ3v) is 5.61. The fourth-order valence-corrected chi connectivity index (χ4v) is 3.59. The first kappa shape index (κ1) is 25.8. The zero-order valence-electron chi connectivity index (χ0n) is 19.6. The molecule has 0 fully saturated rings. The number of aromatic nitrogens is 2. The first-order chi connectivity index (χ1) is 16.8. The molecule has 3 rings (SSSR count). The van der Waals surface area contributed by atoms with Gasteiger partial charge in [0.15, 0.2) is 6.10 Å². The van der Waals surface area contributed by atoms with Crippen molar-refractivity contribution in [2.75, 3.05) is 5.43 Å². The van der Waals surface area contributed by atoms with Crippen LogP contribution in [-0.2, 0) is 29.1 Å². The molecule has 1 unspecified atom stereocenters. The molecule has 2 aromatic heterocycles. The predicted octanol–water partition coefficient (Wildman–Crippen LogP) is 2.45. The molecule has 0 saturated carbocycles. The molecule has 9 nitrogen and oxygen atoms in total. The number of pyridine rings is 2. The highest BCUT2D eigenvalue weighted by Crippen LogP contribution is 2.24. The standard InChI is InChI=1S/C25H28ClN5O4/c1-3-21(24(27)33)35-22-8-7-18(26)12-17(22)14-29-23(32)13-20-16(2)9-11-31(25(20)34)30-15-19-6-4-5-10-28-19/h4-12,21,30H,3,13-15H2,1-2H3,(H2,27,33)(H,29,32). The van der Waals surface area contributed by atoms with Crippen molar-refractivity contribution in [1.29, 1.82) is 0 Å². The summed E-state index contributed by atoms with van der Waals surface area (Å²) >= 11 is 6.11. The highest BCUT2D eigenvalue weighted by atomic mass is 35.5. The smallest absolute Gasteiger partial charge is 0.272 e. The summed E-state index contributed by atoms with van der Waals surface area (Å²) in [5, 5.41) is 3.25. The molecule has 4 N–H and O–H groups in total. The van der Waals surface area contributed by atoms with E-state index in [1.54, 1.807) is 50.5 Å². The van der Waals surface area contributed by atoms with Crippen LogP contribution in [0.3, 0.4) is 0 Å². The number of aryl methyl sites for hydroxylation is 1. The van der Waals surface area contributed by atoms with Crippen LogP contribution in [0.2, 0.25) is 5.02 Å². The van der Waals surface area contributed by atoms with Gasteiger partial charge in [-0.25, -0.2) is 4.68 Å². The van der Waals surface area contributed by atoms with Crippen LogP contribution in [0, 0.1) is 6.92 Å². The molecule has 0 aliphatic heterocycles. The molecule has 1 aromatic carbocycles. The Labute approximate surface area is 208 Å². The van der Waals surface area contributed by atoms with Crippen LogP contribution in [0.1, 0.15) is 35.7 Å². The van der Waals surface area contributed by atoms with Crippen molar-refractivity contribution in [2.45, 2.75) is 45.9 Å². The maximum absolute atomic E-state index is 13.0. The molecule has 2 amide bonds. The van der Waals surface area contributed by atoms with Gasteiger partial charge in [-0.2, -0.15) is 0 Å². The van der Waals surface area contributed by atoms with E-state index >= 15 is 0 Å². The van der Waals surface area contributed by atoms with Gasteiger partial charge in [-0.1, -0.05) is 24.6 Å². The minimum Gasteiger partial charge on any atom is -0.480 e. The first-order valence-corrected chi connectivity index (χ1v) is 11.5. The van der Waals surface area contributed by atoms with Gasteiger partial charge in [0, 0.05) is 35.1 Å². The number of hydrogen-bond donors (Lipinski definition) is 3. The van der Waals surface area contributed by atoms with Gasteiger partial charge in [-0.05, 0) is 55.3 Å². The van der Waals surface area contributed by atoms with Crippen molar-refractivity contribution >= 4 is 23.4 Å². The molecule has 0 aliphatic rings. The van der Waals surface area contributed by atoms with Crippen LogP contribution in [0.5, 0.6) is 5.75 Å². The summed E-state index contributed by atoms with van der Waals surface area (Å²) in [5.41, 5.74) is 10.5. The van der Waals surface area contributed by atoms with E-state index in [1.807, 2.05) is 18.2 Å². The lowest BCUT2D eigenvalue weighted by Crippen LogP contribution is -2.35. The van der Waals surface area contributed by atoms with Crippen LogP contribution in [0.25, 0.3) is 0 Å². The number of benzene rings is 1. The Kier molecular flexibility index (Phi) is 8.86. The average molecular weight is 498 g/mol. The molecule has 0 saturated heterocycles. The Bertz CT molecular complexity index is 1250. The number of hydrogen-bond acceptors (Lipinski definition) is 6. The topological polar surface area (TPSA) is 128 Å². The van der Waals surface area contributed by atoms with Gasteiger partial charge >= 0.3 is 0 Å². The van der Waals surface area contributed by atoms with Crippen LogP contribution in [0.15, 0.2) is 59.7 Å². The maximum atomic E-state index is 13.0. The van der Waals surface area contributed by atoms with Crippen molar-refractivity contribution in [1.82, 2.24) is 15.0 Å². The van der Waals surface area contributed by atoms with Gasteiger partial charge in [0.25, 0.3) is 11.5 Å². The molecule has 0 aliphatic carbocycles. The molecule has 0 bridgehead atoms. The Balaban J connectivity index is 1.68. The summed E-state index contributed by atoms with van der Waals surface area (Å²) in [6.07, 6.45) is 2.80. The molecule has 2 heterocycles. The van der Waals surface area contributed by atoms with E-state index in [0.717, 1.165) is 5.69 Å². The number of nitrogens with one attached hydrogen (secondary N) is 2. The number of carbonyl (C=O) groups is 2. The Morgan fingerprint density at radius 2 is 2.00 bits per heavy atom. The fourth-order valence-electron chi connectivity index (χ4n) is 3.39. The number of amides is 2. The third-order valence-electron chi connectivity index (χ3n) is 5.38. The summed E-state index contributed by atoms with van der Waals surface area (Å²) in [6, 6.07) is 12.2. The Morgan fingerprint density at radius 1 is 1.20 bits per heavy atom. The minimum atomic E-state index is -0.797. The second-order valence-corrected chi connectivity index (χ2v) is 8.37. The average Bonchev–Trinajstić information content (AvgIpc) is 2.84. The second-order valence-electron chi connectivity index (χ2n) is 7.93. The van der Waals surface area contributed by atoms with E-state index in [4.69, 9.17) is 22.1 Å². The Hall–Kier alpha value is -3.85. The lowest BCUT2D eigenvalue weighted by molar-refractivity contribution is -0.125. The van der Waals surface area contributed by atoms with E-state index in [-0.39, 0.29) is 24.4 Å². The monoisotopic (exact) mass is 497 g/mol. The molecule has 35 heavy (non-hydrogen) atoms. The van der Waals surface area contributed by atoms with E-state index in [2.05, 4.69) is 15.7 Å². The molecular formula is C25H28ClN5O4. The number of carbonyl (C=O) groups excluding carboxylic acids is 2. The molecular weight excluding hydrogens is 470 g/mol. The van der Waals surface area contributed by atoms with Crippen molar-refractivity contribution < 1.29 is 14.3 Å². The highest BCUT2D eigenvalue weighted by molar-refractivity contribution is 6.30. The third kappa shape index (κ3) is 7.07. The van der Waals surface area contributed by atoms with Gasteiger partial charge in [-0.15, -0.1) is 0 Å². The molecule has 3 aromatic rings. The maximum Gasteiger partial charge on any atom is 0.272 e. The largest absolute Gasteiger partial charge is 0.480 e. The summed E-state index contributed by atoms with van der Waals surface area (Å²) in [6.45, 7) is 4.02. The lowest BCUT2D eigenvalue weighted by Gasteiger charge is -2.18. The first-order valence-electron chi connectivity index (χ1n) is 11.1. The van der Waals surface area contributed by atoms with E-state index in [1.165, 1.54) is 4.68 Å². The summed E-state index contributed by atoms with van der Waals surface area (Å²) in [5.74, 6) is -0.525. The minimum absolute atomic E-state index is 0.0991. The zero-order valence-corrected chi connectivity index (χ0v) is 20.3. The molecule has 1 atom stereocenters. The van der Waals surface area contributed by atoms with E-state index < -0.39 is 12.0 Å². The molecule has 184 valence electrons. The van der Waals surface area contributed by atoms with Crippen LogP contribution < -0.4 is 26.8 Å². The number of halogens is 1. The van der Waals surface area contributed by atoms with E-state index in [0.29, 0.717) is 40.4 Å². The van der Waals surface area contributed by atoms with Gasteiger partial charge in [0.2, 0.25) is 5.91 Å². The lowest BCUT2D eigenvalue weighted by atomic mass is 10.1. The highest BCUT2D eigenvalue weighted by Gasteiger charge is 2.18. The number of nitrogens with zero attached hydrogens (tertiary/aromatic N) is 2. The summed E-state index contributed by atoms with van der Waals surface area (Å²) in [7, 11) is 0.